The van der Waals surface area contributed by atoms with Crippen molar-refractivity contribution >= 4 is 17.1 Å². The van der Waals surface area contributed by atoms with Gasteiger partial charge in [-0.1, -0.05) is 12.1 Å². The predicted molar refractivity (Wildman–Crippen MR) is 70.0 cm³/mol. The maximum absolute atomic E-state index is 8.75. The summed E-state index contributed by atoms with van der Waals surface area (Å²) < 4.78 is 0. The Morgan fingerprint density at radius 3 is 2.65 bits per heavy atom. The normalized spacial score (nSPS) is 9.65. The number of nitrogens with two attached hydrogens (primary N) is 1. The third-order valence-corrected chi connectivity index (χ3v) is 2.48. The molecule has 0 atom stereocenters. The summed E-state index contributed by atoms with van der Waals surface area (Å²) in [6.07, 6.45) is 0. The Kier molecular flexibility index (Phi) is 2.97. The van der Waals surface area contributed by atoms with Gasteiger partial charge in [0.25, 0.3) is 0 Å². The van der Waals surface area contributed by atoms with Crippen LogP contribution in [0.1, 0.15) is 11.1 Å². The predicted octanol–water partition coefficient (Wildman–Crippen LogP) is 3.19. The minimum atomic E-state index is 0.567. The number of benzene rings is 2. The highest BCUT2D eigenvalue weighted by molar-refractivity contribution is 5.74. The minimum Gasteiger partial charge on any atom is -0.397 e. The molecule has 0 radical (unpaired) electrons. The van der Waals surface area contributed by atoms with Gasteiger partial charge in [0.05, 0.1) is 23.0 Å². The zero-order valence-electron chi connectivity index (χ0n) is 9.57. The van der Waals surface area contributed by atoms with Crippen molar-refractivity contribution in [3.05, 3.63) is 53.6 Å². The smallest absolute Gasteiger partial charge is 0.0992 e. The molecule has 3 heteroatoms. The van der Waals surface area contributed by atoms with Gasteiger partial charge in [0, 0.05) is 5.69 Å². The highest BCUT2D eigenvalue weighted by Gasteiger charge is 2.01. The summed E-state index contributed by atoms with van der Waals surface area (Å²) in [5.41, 5.74) is 10.00. The van der Waals surface area contributed by atoms with Gasteiger partial charge in [0.2, 0.25) is 0 Å². The molecule has 0 bridgehead atoms. The van der Waals surface area contributed by atoms with E-state index in [1.807, 2.05) is 37.3 Å². The number of nitriles is 1. The summed E-state index contributed by atoms with van der Waals surface area (Å²) in [6, 6.07) is 15.3. The molecule has 17 heavy (non-hydrogen) atoms. The Balaban J connectivity index is 2.28. The molecule has 0 spiro atoms. The average molecular weight is 223 g/mol. The molecule has 2 rings (SSSR count). The van der Waals surface area contributed by atoms with Gasteiger partial charge in [-0.3, -0.25) is 0 Å². The second-order valence-electron chi connectivity index (χ2n) is 3.91. The van der Waals surface area contributed by atoms with Crippen LogP contribution in [-0.2, 0) is 0 Å². The molecule has 3 nitrogen and oxygen atoms in total. The maximum atomic E-state index is 8.75. The first-order valence-electron chi connectivity index (χ1n) is 5.32. The summed E-state index contributed by atoms with van der Waals surface area (Å²) in [4.78, 5) is 0. The van der Waals surface area contributed by atoms with E-state index in [4.69, 9.17) is 11.0 Å². The van der Waals surface area contributed by atoms with Crippen LogP contribution in [0, 0.1) is 18.3 Å². The van der Waals surface area contributed by atoms with E-state index >= 15 is 0 Å². The van der Waals surface area contributed by atoms with E-state index in [0.717, 1.165) is 11.4 Å². The van der Waals surface area contributed by atoms with Crippen LogP contribution >= 0.6 is 0 Å². The second-order valence-corrected chi connectivity index (χ2v) is 3.91. The fraction of sp³-hybridized carbons (Fsp3) is 0.0714. The standard InChI is InChI=1S/C14H13N3/c1-10-3-2-4-12(7-10)17-14-6-5-11(9-15)8-13(14)16/h2-8,17H,16H2,1H3. The van der Waals surface area contributed by atoms with Gasteiger partial charge >= 0.3 is 0 Å². The lowest BCUT2D eigenvalue weighted by molar-refractivity contribution is 1.44. The van der Waals surface area contributed by atoms with Crippen molar-refractivity contribution < 1.29 is 0 Å². The topological polar surface area (TPSA) is 61.8 Å². The van der Waals surface area contributed by atoms with Crippen LogP contribution in [-0.4, -0.2) is 0 Å². The monoisotopic (exact) mass is 223 g/mol. The SMILES string of the molecule is Cc1cccc(Nc2ccc(C#N)cc2N)c1. The Morgan fingerprint density at radius 2 is 2.00 bits per heavy atom. The Morgan fingerprint density at radius 1 is 1.18 bits per heavy atom. The van der Waals surface area contributed by atoms with Crippen LogP contribution in [0.4, 0.5) is 17.1 Å². The van der Waals surface area contributed by atoms with Crippen molar-refractivity contribution in [3.63, 3.8) is 0 Å². The van der Waals surface area contributed by atoms with E-state index in [1.165, 1.54) is 5.56 Å². The van der Waals surface area contributed by atoms with Crippen LogP contribution in [0.15, 0.2) is 42.5 Å². The van der Waals surface area contributed by atoms with Crippen molar-refractivity contribution in [1.82, 2.24) is 0 Å². The lowest BCUT2D eigenvalue weighted by Crippen LogP contribution is -1.96. The number of aryl methyl sites for hydroxylation is 1. The third kappa shape index (κ3) is 2.56. The summed E-state index contributed by atoms with van der Waals surface area (Å²) in [5, 5.41) is 12.0. The maximum Gasteiger partial charge on any atom is 0.0992 e. The van der Waals surface area contributed by atoms with Gasteiger partial charge in [0.15, 0.2) is 0 Å². The first-order valence-corrected chi connectivity index (χ1v) is 5.32. The minimum absolute atomic E-state index is 0.567. The van der Waals surface area contributed by atoms with E-state index in [9.17, 15) is 0 Å². The van der Waals surface area contributed by atoms with Crippen molar-refractivity contribution in [2.24, 2.45) is 0 Å². The van der Waals surface area contributed by atoms with Gasteiger partial charge in [-0.15, -0.1) is 0 Å². The van der Waals surface area contributed by atoms with Crippen LogP contribution in [0.5, 0.6) is 0 Å². The first-order chi connectivity index (χ1) is 8.19. The summed E-state index contributed by atoms with van der Waals surface area (Å²) in [7, 11) is 0. The van der Waals surface area contributed by atoms with Crippen molar-refractivity contribution in [1.29, 1.82) is 5.26 Å². The number of anilines is 3. The van der Waals surface area contributed by atoms with E-state index in [1.54, 1.807) is 12.1 Å². The molecule has 0 aliphatic heterocycles. The lowest BCUT2D eigenvalue weighted by atomic mass is 10.1. The van der Waals surface area contributed by atoms with E-state index in [2.05, 4.69) is 11.4 Å². The molecule has 2 aromatic rings. The average Bonchev–Trinajstić information content (AvgIpc) is 2.32. The number of nitrogens with zero attached hydrogens (tertiary/aromatic N) is 1. The Hall–Kier alpha value is -2.47. The molecule has 0 heterocycles. The molecule has 0 aliphatic carbocycles. The molecule has 0 unspecified atom stereocenters. The van der Waals surface area contributed by atoms with Crippen LogP contribution in [0.25, 0.3) is 0 Å². The van der Waals surface area contributed by atoms with E-state index in [0.29, 0.717) is 11.3 Å². The molecule has 0 amide bonds. The Labute approximate surface area is 101 Å². The van der Waals surface area contributed by atoms with Crippen molar-refractivity contribution in [2.75, 3.05) is 11.1 Å². The van der Waals surface area contributed by atoms with Crippen LogP contribution in [0.3, 0.4) is 0 Å². The van der Waals surface area contributed by atoms with Gasteiger partial charge in [-0.2, -0.15) is 5.26 Å². The number of nitrogen functional groups attached to an aromatic ring is 1. The second kappa shape index (κ2) is 4.58. The molecule has 3 N–H and O–H groups in total. The van der Waals surface area contributed by atoms with Gasteiger partial charge in [-0.25, -0.2) is 0 Å². The van der Waals surface area contributed by atoms with Crippen molar-refractivity contribution in [2.45, 2.75) is 6.92 Å². The molecule has 0 saturated carbocycles. The van der Waals surface area contributed by atoms with Gasteiger partial charge in [0.1, 0.15) is 0 Å². The van der Waals surface area contributed by atoms with Crippen LogP contribution in [0.2, 0.25) is 0 Å². The summed E-state index contributed by atoms with van der Waals surface area (Å²) >= 11 is 0. The highest BCUT2D eigenvalue weighted by Crippen LogP contribution is 2.24. The number of rotatable bonds is 2. The fourth-order valence-electron chi connectivity index (χ4n) is 1.62. The van der Waals surface area contributed by atoms with Crippen molar-refractivity contribution in [3.8, 4) is 6.07 Å². The summed E-state index contributed by atoms with van der Waals surface area (Å²) in [6.45, 7) is 2.04. The quantitative estimate of drug-likeness (QED) is 0.768. The lowest BCUT2D eigenvalue weighted by Gasteiger charge is -2.09. The molecular weight excluding hydrogens is 210 g/mol. The van der Waals surface area contributed by atoms with Crippen LogP contribution < -0.4 is 11.1 Å². The Bertz CT molecular complexity index is 582. The molecule has 84 valence electrons. The summed E-state index contributed by atoms with van der Waals surface area (Å²) in [5.74, 6) is 0. The zero-order chi connectivity index (χ0) is 12.3. The number of hydrogen-bond donors (Lipinski definition) is 2. The largest absolute Gasteiger partial charge is 0.397 e. The molecule has 0 saturated heterocycles. The van der Waals surface area contributed by atoms with Gasteiger partial charge < -0.3 is 11.1 Å². The highest BCUT2D eigenvalue weighted by atomic mass is 14.9. The fourth-order valence-corrected chi connectivity index (χ4v) is 1.62. The third-order valence-electron chi connectivity index (χ3n) is 2.48. The molecule has 0 aromatic heterocycles. The molecule has 0 fully saturated rings. The number of hydrogen-bond acceptors (Lipinski definition) is 3. The van der Waals surface area contributed by atoms with E-state index < -0.39 is 0 Å². The van der Waals surface area contributed by atoms with E-state index in [-0.39, 0.29) is 0 Å². The zero-order valence-corrected chi connectivity index (χ0v) is 9.57. The molecular formula is C14H13N3. The first kappa shape index (κ1) is 11.0. The molecule has 2 aromatic carbocycles. The van der Waals surface area contributed by atoms with Gasteiger partial charge in [-0.05, 0) is 42.8 Å². The number of nitrogens with one attached hydrogen (secondary N) is 1. The molecule has 0 aliphatic rings.